The van der Waals surface area contributed by atoms with E-state index in [1.165, 1.54) is 6.39 Å². The zero-order valence-corrected chi connectivity index (χ0v) is 16.6. The SMILES string of the molecule is Cc1ccc(-c2nnco2)cc1NC(=O)c1ccc(NC(=O)Nc2ccccc2)cc1. The second-order valence-electron chi connectivity index (χ2n) is 6.75. The number of nitrogens with zero attached hydrogens (tertiary/aromatic N) is 2. The van der Waals surface area contributed by atoms with Crippen molar-refractivity contribution in [2.45, 2.75) is 6.92 Å². The Morgan fingerprint density at radius 1 is 0.839 bits per heavy atom. The predicted octanol–water partition coefficient (Wildman–Crippen LogP) is 4.94. The largest absolute Gasteiger partial charge is 0.423 e. The minimum absolute atomic E-state index is 0.272. The first-order valence-corrected chi connectivity index (χ1v) is 9.50. The lowest BCUT2D eigenvalue weighted by Crippen LogP contribution is -2.19. The number of aromatic nitrogens is 2. The summed E-state index contributed by atoms with van der Waals surface area (Å²) in [4.78, 5) is 24.8. The second-order valence-corrected chi connectivity index (χ2v) is 6.75. The highest BCUT2D eigenvalue weighted by atomic mass is 16.4. The summed E-state index contributed by atoms with van der Waals surface area (Å²) in [6, 6.07) is 20.9. The van der Waals surface area contributed by atoms with Gasteiger partial charge in [0.1, 0.15) is 0 Å². The molecule has 0 aliphatic heterocycles. The molecule has 0 fully saturated rings. The molecule has 0 saturated heterocycles. The number of amides is 3. The molecule has 3 aromatic carbocycles. The van der Waals surface area contributed by atoms with Crippen molar-refractivity contribution < 1.29 is 14.0 Å². The van der Waals surface area contributed by atoms with Crippen LogP contribution in [0.1, 0.15) is 15.9 Å². The molecule has 8 nitrogen and oxygen atoms in total. The Bertz CT molecular complexity index is 1190. The Labute approximate surface area is 178 Å². The van der Waals surface area contributed by atoms with Gasteiger partial charge in [0.05, 0.1) is 0 Å². The number of aryl methyl sites for hydroxylation is 1. The molecule has 3 amide bonds. The zero-order valence-electron chi connectivity index (χ0n) is 16.6. The molecule has 1 heterocycles. The van der Waals surface area contributed by atoms with E-state index >= 15 is 0 Å². The molecule has 0 atom stereocenters. The number of anilines is 3. The smallest absolute Gasteiger partial charge is 0.323 e. The molecule has 0 aliphatic rings. The van der Waals surface area contributed by atoms with Crippen molar-refractivity contribution in [1.29, 1.82) is 0 Å². The molecule has 8 heteroatoms. The van der Waals surface area contributed by atoms with Gasteiger partial charge in [-0.3, -0.25) is 4.79 Å². The van der Waals surface area contributed by atoms with Gasteiger partial charge in [0.25, 0.3) is 5.91 Å². The molecule has 0 aliphatic carbocycles. The van der Waals surface area contributed by atoms with Crippen molar-refractivity contribution in [2.75, 3.05) is 16.0 Å². The van der Waals surface area contributed by atoms with Crippen LogP contribution in [0.5, 0.6) is 0 Å². The summed E-state index contributed by atoms with van der Waals surface area (Å²) in [5.74, 6) is 0.103. The first-order chi connectivity index (χ1) is 15.1. The fourth-order valence-corrected chi connectivity index (χ4v) is 2.90. The number of nitrogens with one attached hydrogen (secondary N) is 3. The lowest BCUT2D eigenvalue weighted by Gasteiger charge is -2.11. The highest BCUT2D eigenvalue weighted by molar-refractivity contribution is 6.05. The van der Waals surface area contributed by atoms with E-state index in [-0.39, 0.29) is 11.9 Å². The summed E-state index contributed by atoms with van der Waals surface area (Å²) in [6.07, 6.45) is 1.25. The number of hydrogen-bond donors (Lipinski definition) is 3. The van der Waals surface area contributed by atoms with Crippen molar-refractivity contribution in [3.63, 3.8) is 0 Å². The van der Waals surface area contributed by atoms with Crippen LogP contribution in [-0.2, 0) is 0 Å². The number of benzene rings is 3. The Morgan fingerprint density at radius 2 is 1.55 bits per heavy atom. The molecule has 0 bridgehead atoms. The third kappa shape index (κ3) is 4.94. The lowest BCUT2D eigenvalue weighted by atomic mass is 10.1. The Balaban J connectivity index is 1.41. The van der Waals surface area contributed by atoms with Crippen LogP contribution in [0.25, 0.3) is 11.5 Å². The number of urea groups is 1. The number of carbonyl (C=O) groups is 2. The van der Waals surface area contributed by atoms with Gasteiger partial charge in [0.15, 0.2) is 0 Å². The van der Waals surface area contributed by atoms with Crippen molar-refractivity contribution in [3.05, 3.63) is 90.3 Å². The molecule has 3 N–H and O–H groups in total. The average molecular weight is 413 g/mol. The van der Waals surface area contributed by atoms with Crippen LogP contribution in [0.15, 0.2) is 83.6 Å². The van der Waals surface area contributed by atoms with Crippen LogP contribution in [0.3, 0.4) is 0 Å². The van der Waals surface area contributed by atoms with Crippen LogP contribution in [0, 0.1) is 6.92 Å². The first-order valence-electron chi connectivity index (χ1n) is 9.50. The fraction of sp³-hybridized carbons (Fsp3) is 0.0435. The van der Waals surface area contributed by atoms with E-state index in [4.69, 9.17) is 4.42 Å². The molecule has 0 spiro atoms. The van der Waals surface area contributed by atoms with Crippen molar-refractivity contribution >= 4 is 29.0 Å². The molecule has 0 unspecified atom stereocenters. The molecule has 154 valence electrons. The van der Waals surface area contributed by atoms with E-state index < -0.39 is 0 Å². The van der Waals surface area contributed by atoms with E-state index in [9.17, 15) is 9.59 Å². The zero-order chi connectivity index (χ0) is 21.6. The Morgan fingerprint density at radius 3 is 2.23 bits per heavy atom. The molecule has 4 rings (SSSR count). The average Bonchev–Trinajstić information content (AvgIpc) is 3.31. The third-order valence-corrected chi connectivity index (χ3v) is 4.53. The normalized spacial score (nSPS) is 10.4. The quantitative estimate of drug-likeness (QED) is 0.429. The minimum Gasteiger partial charge on any atom is -0.423 e. The standard InChI is InChI=1S/C23H19N5O3/c1-15-7-8-17(22-28-24-14-31-22)13-20(15)27-21(29)16-9-11-19(12-10-16)26-23(30)25-18-5-3-2-4-6-18/h2-14H,1H3,(H,27,29)(H2,25,26,30). The van der Waals surface area contributed by atoms with Gasteiger partial charge >= 0.3 is 6.03 Å². The number of carbonyl (C=O) groups excluding carboxylic acids is 2. The van der Waals surface area contributed by atoms with Gasteiger partial charge in [-0.25, -0.2) is 4.79 Å². The highest BCUT2D eigenvalue weighted by Gasteiger charge is 2.11. The predicted molar refractivity (Wildman–Crippen MR) is 118 cm³/mol. The Hall–Kier alpha value is -4.46. The topological polar surface area (TPSA) is 109 Å². The number of rotatable bonds is 5. The molecule has 0 saturated carbocycles. The van der Waals surface area contributed by atoms with Crippen LogP contribution >= 0.6 is 0 Å². The van der Waals surface area contributed by atoms with Gasteiger partial charge in [-0.1, -0.05) is 24.3 Å². The van der Waals surface area contributed by atoms with Crippen LogP contribution in [0.2, 0.25) is 0 Å². The van der Waals surface area contributed by atoms with E-state index in [2.05, 4.69) is 26.1 Å². The summed E-state index contributed by atoms with van der Waals surface area (Å²) < 4.78 is 5.21. The van der Waals surface area contributed by atoms with E-state index in [0.717, 1.165) is 5.56 Å². The van der Waals surface area contributed by atoms with Gasteiger partial charge in [-0.05, 0) is 61.0 Å². The van der Waals surface area contributed by atoms with Gasteiger partial charge in [0, 0.05) is 28.2 Å². The maximum absolute atomic E-state index is 12.7. The van der Waals surface area contributed by atoms with Crippen LogP contribution < -0.4 is 16.0 Å². The number of para-hydroxylation sites is 1. The molecular formula is C23H19N5O3. The van der Waals surface area contributed by atoms with E-state index in [0.29, 0.717) is 34.1 Å². The van der Waals surface area contributed by atoms with Crippen LogP contribution in [0.4, 0.5) is 21.9 Å². The first kappa shape index (κ1) is 19.8. The number of hydrogen-bond acceptors (Lipinski definition) is 5. The fourth-order valence-electron chi connectivity index (χ4n) is 2.90. The summed E-state index contributed by atoms with van der Waals surface area (Å²) in [5.41, 5.74) is 3.96. The molecule has 0 radical (unpaired) electrons. The maximum atomic E-state index is 12.7. The van der Waals surface area contributed by atoms with Crippen molar-refractivity contribution in [3.8, 4) is 11.5 Å². The van der Waals surface area contributed by atoms with Crippen LogP contribution in [-0.4, -0.2) is 22.1 Å². The summed E-state index contributed by atoms with van der Waals surface area (Å²) in [6.45, 7) is 1.89. The van der Waals surface area contributed by atoms with E-state index in [1.807, 2.05) is 37.3 Å². The molecule has 1 aromatic heterocycles. The summed E-state index contributed by atoms with van der Waals surface area (Å²) in [5, 5.41) is 15.9. The second kappa shape index (κ2) is 8.91. The lowest BCUT2D eigenvalue weighted by molar-refractivity contribution is 0.102. The molecule has 4 aromatic rings. The van der Waals surface area contributed by atoms with Gasteiger partial charge in [0.2, 0.25) is 12.3 Å². The minimum atomic E-state index is -0.364. The summed E-state index contributed by atoms with van der Waals surface area (Å²) in [7, 11) is 0. The maximum Gasteiger partial charge on any atom is 0.323 e. The highest BCUT2D eigenvalue weighted by Crippen LogP contribution is 2.24. The summed E-state index contributed by atoms with van der Waals surface area (Å²) >= 11 is 0. The Kier molecular flexibility index (Phi) is 5.70. The van der Waals surface area contributed by atoms with Crippen molar-refractivity contribution in [1.82, 2.24) is 10.2 Å². The molecular weight excluding hydrogens is 394 g/mol. The molecule has 31 heavy (non-hydrogen) atoms. The van der Waals surface area contributed by atoms with E-state index in [1.54, 1.807) is 42.5 Å². The van der Waals surface area contributed by atoms with Gasteiger partial charge in [-0.15, -0.1) is 10.2 Å². The monoisotopic (exact) mass is 413 g/mol. The van der Waals surface area contributed by atoms with Gasteiger partial charge < -0.3 is 20.4 Å². The third-order valence-electron chi connectivity index (χ3n) is 4.53. The van der Waals surface area contributed by atoms with Gasteiger partial charge in [-0.2, -0.15) is 0 Å². The van der Waals surface area contributed by atoms with Crippen molar-refractivity contribution in [2.24, 2.45) is 0 Å².